The maximum Gasteiger partial charge on any atom is 0.334 e. The third kappa shape index (κ3) is 6.61. The van der Waals surface area contributed by atoms with E-state index in [-0.39, 0.29) is 50.5 Å². The summed E-state index contributed by atoms with van der Waals surface area (Å²) in [5.41, 5.74) is 3.44. The van der Waals surface area contributed by atoms with Crippen LogP contribution in [0.15, 0.2) is 72.8 Å². The molecule has 2 saturated heterocycles. The Morgan fingerprint density at radius 2 is 1.66 bits per heavy atom. The van der Waals surface area contributed by atoms with Crippen LogP contribution < -0.4 is 10.2 Å². The minimum Gasteiger partial charge on any atom is -0.508 e. The van der Waals surface area contributed by atoms with Gasteiger partial charge in [-0.25, -0.2) is 14.8 Å². The van der Waals surface area contributed by atoms with Gasteiger partial charge in [0.1, 0.15) is 18.0 Å². The van der Waals surface area contributed by atoms with Crippen molar-refractivity contribution in [1.82, 2.24) is 25.1 Å². The zero-order valence-electron chi connectivity index (χ0n) is 24.8. The zero-order chi connectivity index (χ0) is 30.8. The van der Waals surface area contributed by atoms with Gasteiger partial charge in [-0.15, -0.1) is 0 Å². The van der Waals surface area contributed by atoms with E-state index in [1.165, 1.54) is 0 Å². The number of nitrogens with one attached hydrogen (secondary N) is 1. The van der Waals surface area contributed by atoms with Gasteiger partial charge < -0.3 is 25.1 Å². The fourth-order valence-corrected chi connectivity index (χ4v) is 6.16. The van der Waals surface area contributed by atoms with Gasteiger partial charge in [-0.3, -0.25) is 9.59 Å². The number of nitrogens with zero attached hydrogens (tertiary/aromatic N) is 5. The van der Waals surface area contributed by atoms with Crippen LogP contribution in [-0.4, -0.2) is 88.7 Å². The quantitative estimate of drug-likeness (QED) is 0.408. The molecule has 11 heteroatoms. The number of urea groups is 1. The monoisotopic (exact) mass is 620 g/mol. The molecule has 2 fully saturated rings. The number of hydrazine groups is 1. The molecule has 234 valence electrons. The van der Waals surface area contributed by atoms with E-state index >= 15 is 0 Å². The van der Waals surface area contributed by atoms with Crippen LogP contribution >= 0.6 is 11.6 Å². The Balaban J connectivity index is 0.00000442. The van der Waals surface area contributed by atoms with Gasteiger partial charge >= 0.3 is 6.03 Å². The Bertz CT molecular complexity index is 1490. The highest BCUT2D eigenvalue weighted by Gasteiger charge is 2.54. The molecule has 0 saturated carbocycles. The van der Waals surface area contributed by atoms with Crippen molar-refractivity contribution < 1.29 is 19.5 Å². The van der Waals surface area contributed by atoms with Crippen LogP contribution in [0.5, 0.6) is 5.75 Å². The first-order chi connectivity index (χ1) is 20.5. The third-order valence-electron chi connectivity index (χ3n) is 8.09. The van der Waals surface area contributed by atoms with E-state index in [1.807, 2.05) is 74.4 Å². The van der Waals surface area contributed by atoms with E-state index < -0.39 is 18.2 Å². The maximum atomic E-state index is 14.3. The summed E-state index contributed by atoms with van der Waals surface area (Å²) in [5.74, 6) is -0.325. The Labute approximate surface area is 264 Å². The molecule has 2 aliphatic heterocycles. The van der Waals surface area contributed by atoms with Gasteiger partial charge in [0.25, 0.3) is 0 Å². The van der Waals surface area contributed by atoms with Crippen molar-refractivity contribution in [1.29, 1.82) is 0 Å². The molecule has 0 radical (unpaired) electrons. The molecule has 4 amide bonds. The van der Waals surface area contributed by atoms with Gasteiger partial charge in [-0.2, -0.15) is 0 Å². The minimum absolute atomic E-state index is 0. The van der Waals surface area contributed by atoms with E-state index in [0.717, 1.165) is 22.4 Å². The second-order valence-corrected chi connectivity index (χ2v) is 11.7. The number of hydrogen-bond acceptors (Lipinski definition) is 6. The number of amides is 4. The van der Waals surface area contributed by atoms with Crippen LogP contribution in [-0.2, 0) is 29.1 Å². The Morgan fingerprint density at radius 3 is 2.32 bits per heavy atom. The Morgan fingerprint density at radius 1 is 1.00 bits per heavy atom. The summed E-state index contributed by atoms with van der Waals surface area (Å²) in [4.78, 5) is 46.9. The van der Waals surface area contributed by atoms with Crippen LogP contribution in [0.2, 0.25) is 5.02 Å². The zero-order valence-corrected chi connectivity index (χ0v) is 25.5. The number of hydrogen-bond donors (Lipinski definition) is 2. The van der Waals surface area contributed by atoms with Crippen molar-refractivity contribution in [2.45, 2.75) is 52.1 Å². The van der Waals surface area contributed by atoms with E-state index in [4.69, 9.17) is 11.6 Å². The summed E-state index contributed by atoms with van der Waals surface area (Å²) < 4.78 is 0. The largest absolute Gasteiger partial charge is 0.508 e. The summed E-state index contributed by atoms with van der Waals surface area (Å²) in [7, 11) is 5.52. The highest BCUT2D eigenvalue weighted by Crippen LogP contribution is 2.34. The predicted octanol–water partition coefficient (Wildman–Crippen LogP) is 4.32. The molecule has 0 spiro atoms. The molecular formula is C33H41ClN6O4. The average molecular weight is 621 g/mol. The molecule has 0 aliphatic carbocycles. The van der Waals surface area contributed by atoms with E-state index in [9.17, 15) is 19.5 Å². The standard InChI is InChI=1S/C32H37ClN6O4.CH4/c1-21-30-38(29(41)20-36(4)39(30)32(43)34-18-23-8-6-5-7-9-23)28(16-22-10-13-25(40)14-11-22)31(42)37(21)19-24-12-15-26(33)27(17-24)35(2)3;/h5-15,17,21,28,30,40H,16,18-20H2,1-4H3,(H,34,43);1H4/t21-,28-,30-;/m0./s1. The molecule has 10 nitrogen and oxygen atoms in total. The minimum atomic E-state index is -0.850. The molecule has 2 heterocycles. The number of rotatable bonds is 7. The van der Waals surface area contributed by atoms with Crippen molar-refractivity contribution in [2.75, 3.05) is 32.6 Å². The lowest BCUT2D eigenvalue weighted by Crippen LogP contribution is -2.78. The molecule has 2 aliphatic rings. The van der Waals surface area contributed by atoms with E-state index in [0.29, 0.717) is 11.6 Å². The number of likely N-dealkylation sites (N-methyl/N-ethyl adjacent to an activating group) is 1. The van der Waals surface area contributed by atoms with Crippen molar-refractivity contribution >= 4 is 35.1 Å². The summed E-state index contributed by atoms with van der Waals surface area (Å²) in [5, 5.41) is 16.6. The highest BCUT2D eigenvalue weighted by molar-refractivity contribution is 6.33. The summed E-state index contributed by atoms with van der Waals surface area (Å²) in [6.07, 6.45) is -0.514. The summed E-state index contributed by atoms with van der Waals surface area (Å²) >= 11 is 6.43. The van der Waals surface area contributed by atoms with Gasteiger partial charge in [0.05, 0.1) is 23.3 Å². The van der Waals surface area contributed by atoms with Crippen molar-refractivity contribution in [3.05, 3.63) is 94.5 Å². The van der Waals surface area contributed by atoms with E-state index in [1.54, 1.807) is 51.1 Å². The normalized spacial score (nSPS) is 20.2. The molecule has 3 aromatic carbocycles. The molecule has 3 aromatic rings. The van der Waals surface area contributed by atoms with Crippen LogP contribution in [0.1, 0.15) is 31.0 Å². The SMILES string of the molecule is C.C[C@H]1[C@H]2N(C(=O)CN(C)N2C(=O)NCc2ccccc2)[C@@H](Cc2ccc(O)cc2)C(=O)N1Cc1ccc(Cl)c(N(C)C)c1. The van der Waals surface area contributed by atoms with Gasteiger partial charge in [0.2, 0.25) is 11.8 Å². The lowest BCUT2D eigenvalue weighted by molar-refractivity contribution is -0.196. The fraction of sp³-hybridized carbons (Fsp3) is 0.364. The van der Waals surface area contributed by atoms with Gasteiger partial charge in [0.15, 0.2) is 0 Å². The average Bonchev–Trinajstić information content (AvgIpc) is 2.98. The van der Waals surface area contributed by atoms with Crippen LogP contribution in [0.25, 0.3) is 0 Å². The lowest BCUT2D eigenvalue weighted by Gasteiger charge is -2.57. The topological polar surface area (TPSA) is 99.7 Å². The summed E-state index contributed by atoms with van der Waals surface area (Å²) in [6, 6.07) is 20.1. The van der Waals surface area contributed by atoms with Crippen molar-refractivity contribution in [3.63, 3.8) is 0 Å². The third-order valence-corrected chi connectivity index (χ3v) is 8.41. The Hall–Kier alpha value is -4.28. The number of anilines is 1. The predicted molar refractivity (Wildman–Crippen MR) is 172 cm³/mol. The van der Waals surface area contributed by atoms with E-state index in [2.05, 4.69) is 5.32 Å². The number of aromatic hydroxyl groups is 1. The first-order valence-corrected chi connectivity index (χ1v) is 14.6. The van der Waals surface area contributed by atoms with Crippen LogP contribution in [0, 0.1) is 0 Å². The molecule has 2 N–H and O–H groups in total. The van der Waals surface area contributed by atoms with Gasteiger partial charge in [0, 0.05) is 40.7 Å². The first kappa shape index (κ1) is 32.6. The number of carbonyl (C=O) groups is 3. The number of phenols is 1. The highest BCUT2D eigenvalue weighted by atomic mass is 35.5. The summed E-state index contributed by atoms with van der Waals surface area (Å²) in [6.45, 7) is 2.41. The Kier molecular flexibility index (Phi) is 10.1. The second-order valence-electron chi connectivity index (χ2n) is 11.3. The maximum absolute atomic E-state index is 14.3. The molecule has 3 atom stereocenters. The lowest BCUT2D eigenvalue weighted by atomic mass is 9.94. The molecule has 44 heavy (non-hydrogen) atoms. The number of benzene rings is 3. The molecule has 0 unspecified atom stereocenters. The van der Waals surface area contributed by atoms with Crippen LogP contribution in [0.3, 0.4) is 0 Å². The second kappa shape index (κ2) is 13.6. The number of carbonyl (C=O) groups excluding carboxylic acids is 3. The van der Waals surface area contributed by atoms with Crippen molar-refractivity contribution in [3.8, 4) is 5.75 Å². The molecule has 0 aromatic heterocycles. The molecular weight excluding hydrogens is 580 g/mol. The number of phenolic OH excluding ortho intramolecular Hbond substituents is 1. The molecule has 0 bridgehead atoms. The van der Waals surface area contributed by atoms with Gasteiger partial charge in [-0.05, 0) is 47.9 Å². The molecule has 5 rings (SSSR count). The van der Waals surface area contributed by atoms with Crippen LogP contribution in [0.4, 0.5) is 10.5 Å². The number of halogens is 1. The van der Waals surface area contributed by atoms with Crippen molar-refractivity contribution in [2.24, 2.45) is 0 Å². The number of fused-ring (bicyclic) bond motifs is 1. The smallest absolute Gasteiger partial charge is 0.334 e. The first-order valence-electron chi connectivity index (χ1n) is 14.2. The number of piperazine rings is 1. The van der Waals surface area contributed by atoms with Gasteiger partial charge in [-0.1, -0.05) is 67.6 Å². The fourth-order valence-electron chi connectivity index (χ4n) is 5.88.